The first kappa shape index (κ1) is 14.6. The topological polar surface area (TPSA) is 79.1 Å². The van der Waals surface area contributed by atoms with E-state index >= 15 is 0 Å². The second-order valence-electron chi connectivity index (χ2n) is 5.79. The van der Waals surface area contributed by atoms with Crippen LogP contribution in [0.4, 0.5) is 0 Å². The molecule has 7 nitrogen and oxygen atoms in total. The number of carbonyl (C=O) groups is 1. The molecule has 3 atom stereocenters. The molecule has 0 amide bonds. The number of fused-ring (bicyclic) bond motifs is 1. The lowest BCUT2D eigenvalue weighted by Gasteiger charge is -2.14. The maximum Gasteiger partial charge on any atom is 0.320 e. The molecular formula is C17H16N4O3. The van der Waals surface area contributed by atoms with E-state index in [1.165, 1.54) is 7.11 Å². The van der Waals surface area contributed by atoms with Gasteiger partial charge in [0.15, 0.2) is 5.82 Å². The first-order valence-electron chi connectivity index (χ1n) is 7.60. The average Bonchev–Trinajstić information content (AvgIpc) is 3.06. The molecule has 0 aliphatic heterocycles. The van der Waals surface area contributed by atoms with Crippen molar-refractivity contribution in [3.8, 4) is 11.4 Å². The van der Waals surface area contributed by atoms with Crippen LogP contribution in [0.3, 0.4) is 0 Å². The van der Waals surface area contributed by atoms with Gasteiger partial charge in [-0.25, -0.2) is 0 Å². The van der Waals surface area contributed by atoms with Crippen molar-refractivity contribution in [3.63, 3.8) is 0 Å². The number of esters is 1. The van der Waals surface area contributed by atoms with E-state index in [0.717, 1.165) is 11.4 Å². The summed E-state index contributed by atoms with van der Waals surface area (Å²) in [6.45, 7) is 0. The fourth-order valence-corrected chi connectivity index (χ4v) is 3.53. The number of carbonyl (C=O) groups excluding carboxylic acids is 1. The number of hydrogen-bond acceptors (Lipinski definition) is 6. The van der Waals surface area contributed by atoms with E-state index in [9.17, 15) is 4.79 Å². The molecule has 1 saturated carbocycles. The summed E-state index contributed by atoms with van der Waals surface area (Å²) < 4.78 is 11.9. The average molecular weight is 324 g/mol. The first-order chi connectivity index (χ1) is 11.7. The zero-order chi connectivity index (χ0) is 16.7. The fraction of sp³-hybridized carbons (Fsp3) is 0.294. The highest BCUT2D eigenvalue weighted by atomic mass is 16.5. The Morgan fingerprint density at radius 3 is 2.38 bits per heavy atom. The number of benzene rings is 1. The Hall–Kier alpha value is -2.96. The van der Waals surface area contributed by atoms with E-state index < -0.39 is 5.41 Å². The molecule has 122 valence electrons. The number of aromatic nitrogens is 4. The van der Waals surface area contributed by atoms with E-state index in [1.54, 1.807) is 11.8 Å². The zero-order valence-electron chi connectivity index (χ0n) is 13.3. The molecule has 1 aromatic carbocycles. The maximum atomic E-state index is 12.6. The van der Waals surface area contributed by atoms with Gasteiger partial charge in [-0.05, 0) is 34.7 Å². The highest BCUT2D eigenvalue weighted by molar-refractivity contribution is 5.89. The summed E-state index contributed by atoms with van der Waals surface area (Å²) >= 11 is 0. The molecule has 0 N–H and O–H groups in total. The minimum Gasteiger partial charge on any atom is -0.497 e. The molecule has 1 fully saturated rings. The van der Waals surface area contributed by atoms with Crippen LogP contribution in [-0.4, -0.2) is 40.4 Å². The predicted octanol–water partition coefficient (Wildman–Crippen LogP) is 1.45. The van der Waals surface area contributed by atoms with Crippen LogP contribution in [-0.2, 0) is 14.9 Å². The Balaban J connectivity index is 1.82. The Morgan fingerprint density at radius 2 is 1.79 bits per heavy atom. The second-order valence-corrected chi connectivity index (χ2v) is 5.79. The van der Waals surface area contributed by atoms with E-state index in [1.807, 2.05) is 48.6 Å². The van der Waals surface area contributed by atoms with Crippen molar-refractivity contribution in [2.24, 2.45) is 11.8 Å². The summed E-state index contributed by atoms with van der Waals surface area (Å²) in [6, 6.07) is 7.35. The molecule has 1 unspecified atom stereocenters. The van der Waals surface area contributed by atoms with E-state index in [4.69, 9.17) is 9.47 Å². The number of tetrazole rings is 1. The van der Waals surface area contributed by atoms with Gasteiger partial charge < -0.3 is 9.47 Å². The summed E-state index contributed by atoms with van der Waals surface area (Å²) in [7, 11) is 3.00. The molecule has 4 rings (SSSR count). The van der Waals surface area contributed by atoms with Crippen LogP contribution in [0.15, 0.2) is 48.6 Å². The summed E-state index contributed by atoms with van der Waals surface area (Å²) in [4.78, 5) is 12.6. The van der Waals surface area contributed by atoms with Crippen LogP contribution >= 0.6 is 0 Å². The molecule has 1 aromatic heterocycles. The third-order valence-corrected chi connectivity index (χ3v) is 4.76. The van der Waals surface area contributed by atoms with Gasteiger partial charge in [0.2, 0.25) is 0 Å². The van der Waals surface area contributed by atoms with E-state index in [0.29, 0.717) is 5.82 Å². The first-order valence-corrected chi connectivity index (χ1v) is 7.60. The van der Waals surface area contributed by atoms with Gasteiger partial charge in [-0.15, -0.1) is 5.10 Å². The highest BCUT2D eigenvalue weighted by Crippen LogP contribution is 2.62. The summed E-state index contributed by atoms with van der Waals surface area (Å²) in [6.07, 6.45) is 7.89. The van der Waals surface area contributed by atoms with E-state index in [-0.39, 0.29) is 17.8 Å². The van der Waals surface area contributed by atoms with Gasteiger partial charge in [0, 0.05) is 11.8 Å². The summed E-state index contributed by atoms with van der Waals surface area (Å²) in [5.74, 6) is 0.932. The van der Waals surface area contributed by atoms with Crippen molar-refractivity contribution < 1.29 is 14.3 Å². The molecule has 1 heterocycles. The highest BCUT2D eigenvalue weighted by Gasteiger charge is 2.72. The van der Waals surface area contributed by atoms with Gasteiger partial charge in [0.05, 0.1) is 19.9 Å². The predicted molar refractivity (Wildman–Crippen MR) is 84.7 cm³/mol. The number of rotatable bonds is 4. The van der Waals surface area contributed by atoms with Crippen molar-refractivity contribution in [3.05, 3.63) is 54.4 Å². The van der Waals surface area contributed by atoms with Crippen molar-refractivity contribution in [1.29, 1.82) is 0 Å². The van der Waals surface area contributed by atoms with Crippen LogP contribution < -0.4 is 4.74 Å². The Bertz CT molecular complexity index is 820. The molecule has 0 saturated heterocycles. The molecule has 24 heavy (non-hydrogen) atoms. The summed E-state index contributed by atoms with van der Waals surface area (Å²) in [5, 5.41) is 12.0. The van der Waals surface area contributed by atoms with Gasteiger partial charge in [-0.2, -0.15) is 4.68 Å². The monoisotopic (exact) mass is 324 g/mol. The lowest BCUT2D eigenvalue weighted by Crippen LogP contribution is -2.29. The molecule has 0 bridgehead atoms. The standard InChI is InChI=1S/C17H16N4O3/c1-23-12-9-7-11(8-10-12)21-15(18-19-20-21)17(16(22)24-2)13-5-3-4-6-14(13)17/h3-10,13-14H,1-2H3/t13-,14+,17?. The second kappa shape index (κ2) is 5.30. The normalized spacial score (nSPS) is 26.8. The third-order valence-electron chi connectivity index (χ3n) is 4.76. The third kappa shape index (κ3) is 1.84. The van der Waals surface area contributed by atoms with E-state index in [2.05, 4.69) is 15.5 Å². The van der Waals surface area contributed by atoms with Gasteiger partial charge >= 0.3 is 5.97 Å². The van der Waals surface area contributed by atoms with Crippen molar-refractivity contribution in [2.45, 2.75) is 5.41 Å². The molecule has 2 aliphatic rings. The van der Waals surface area contributed by atoms with Crippen molar-refractivity contribution >= 4 is 5.97 Å². The molecule has 7 heteroatoms. The maximum absolute atomic E-state index is 12.6. The fourth-order valence-electron chi connectivity index (χ4n) is 3.53. The van der Waals surface area contributed by atoms with Crippen LogP contribution in [0, 0.1) is 11.8 Å². The molecule has 0 radical (unpaired) electrons. The van der Waals surface area contributed by atoms with Gasteiger partial charge in [-0.1, -0.05) is 24.3 Å². The minimum atomic E-state index is -0.873. The largest absolute Gasteiger partial charge is 0.497 e. The van der Waals surface area contributed by atoms with Gasteiger partial charge in [0.1, 0.15) is 11.2 Å². The molecule has 2 aromatic rings. The Labute approximate surface area is 138 Å². The van der Waals surface area contributed by atoms with Gasteiger partial charge in [-0.3, -0.25) is 4.79 Å². The minimum absolute atomic E-state index is 0.0120. The quantitative estimate of drug-likeness (QED) is 0.792. The van der Waals surface area contributed by atoms with Gasteiger partial charge in [0.25, 0.3) is 0 Å². The number of ether oxygens (including phenoxy) is 2. The summed E-state index contributed by atoms with van der Waals surface area (Å²) in [5.41, 5.74) is -0.113. The SMILES string of the molecule is COC(=O)C1(c2nnnn2-c2ccc(OC)cc2)[C@@H]2C=CC=C[C@@H]21. The number of nitrogens with zero attached hydrogens (tertiary/aromatic N) is 4. The molecular weight excluding hydrogens is 308 g/mol. The number of methoxy groups -OCH3 is 2. The lowest BCUT2D eigenvalue weighted by molar-refractivity contribution is -0.144. The van der Waals surface area contributed by atoms with Crippen molar-refractivity contribution in [1.82, 2.24) is 20.2 Å². The van der Waals surface area contributed by atoms with Crippen molar-refractivity contribution in [2.75, 3.05) is 14.2 Å². The Morgan fingerprint density at radius 1 is 1.12 bits per heavy atom. The zero-order valence-corrected chi connectivity index (χ0v) is 13.3. The molecule has 0 spiro atoms. The lowest BCUT2D eigenvalue weighted by atomic mass is 10.0. The molecule has 2 aliphatic carbocycles. The Kier molecular flexibility index (Phi) is 3.23. The van der Waals surface area contributed by atoms with Crippen LogP contribution in [0.1, 0.15) is 5.82 Å². The number of hydrogen-bond donors (Lipinski definition) is 0. The van der Waals surface area contributed by atoms with Crippen LogP contribution in [0.5, 0.6) is 5.75 Å². The smallest absolute Gasteiger partial charge is 0.320 e. The van der Waals surface area contributed by atoms with Crippen LogP contribution in [0.2, 0.25) is 0 Å². The number of allylic oxidation sites excluding steroid dienone is 4. The van der Waals surface area contributed by atoms with Crippen LogP contribution in [0.25, 0.3) is 5.69 Å².